The van der Waals surface area contributed by atoms with Gasteiger partial charge in [0.25, 0.3) is 0 Å². The van der Waals surface area contributed by atoms with Gasteiger partial charge >= 0.3 is 0 Å². The summed E-state index contributed by atoms with van der Waals surface area (Å²) in [6, 6.07) is 74.4. The molecule has 9 aromatic carbocycles. The summed E-state index contributed by atoms with van der Waals surface area (Å²) in [5.74, 6) is 0. The Morgan fingerprint density at radius 3 is 1.29 bits per heavy atom. The van der Waals surface area contributed by atoms with Gasteiger partial charge in [0, 0.05) is 27.6 Å². The number of hydrogen-bond donors (Lipinski definition) is 0. The van der Waals surface area contributed by atoms with Crippen LogP contribution < -0.4 is 4.90 Å². The summed E-state index contributed by atoms with van der Waals surface area (Å²) in [5, 5.41) is 4.98. The van der Waals surface area contributed by atoms with Gasteiger partial charge in [-0.2, -0.15) is 0 Å². The molecule has 0 spiro atoms. The molecule has 9 aromatic rings. The van der Waals surface area contributed by atoms with Crippen LogP contribution in [0.3, 0.4) is 0 Å². The zero-order chi connectivity index (χ0) is 36.7. The van der Waals surface area contributed by atoms with Gasteiger partial charge in [-0.25, -0.2) is 0 Å². The lowest BCUT2D eigenvalue weighted by Crippen LogP contribution is -2.22. The Kier molecular flexibility index (Phi) is 6.88. The van der Waals surface area contributed by atoms with Crippen LogP contribution in [0.4, 0.5) is 17.1 Å². The molecule has 1 nitrogen and oxygen atoms in total. The molecule has 0 aliphatic heterocycles. The second kappa shape index (κ2) is 11.9. The van der Waals surface area contributed by atoms with Crippen molar-refractivity contribution in [2.75, 3.05) is 4.90 Å². The molecular formula is C54H39N. The zero-order valence-corrected chi connectivity index (χ0v) is 31.0. The number of benzene rings is 9. The van der Waals surface area contributed by atoms with Gasteiger partial charge < -0.3 is 4.90 Å². The van der Waals surface area contributed by atoms with Crippen LogP contribution in [0.5, 0.6) is 0 Å². The molecule has 0 bridgehead atoms. The number of hydrogen-bond acceptors (Lipinski definition) is 1. The summed E-state index contributed by atoms with van der Waals surface area (Å²) in [6.07, 6.45) is 0. The maximum absolute atomic E-state index is 2.51. The maximum Gasteiger partial charge on any atom is 0.0546 e. The third-order valence-corrected chi connectivity index (χ3v) is 12.8. The molecule has 0 N–H and O–H groups in total. The number of anilines is 3. The van der Waals surface area contributed by atoms with E-state index in [4.69, 9.17) is 0 Å². The van der Waals surface area contributed by atoms with Crippen molar-refractivity contribution in [2.45, 2.75) is 24.7 Å². The molecular weight excluding hydrogens is 663 g/mol. The Morgan fingerprint density at radius 2 is 0.745 bits per heavy atom. The van der Waals surface area contributed by atoms with Crippen LogP contribution in [0.2, 0.25) is 0 Å². The highest BCUT2D eigenvalue weighted by molar-refractivity contribution is 6.14. The van der Waals surface area contributed by atoms with E-state index < -0.39 is 0 Å². The molecule has 1 heteroatoms. The van der Waals surface area contributed by atoms with E-state index in [2.05, 4.69) is 219 Å². The van der Waals surface area contributed by atoms with E-state index in [1.54, 1.807) is 0 Å². The number of nitrogens with zero attached hydrogens (tertiary/aromatic N) is 1. The SMILES string of the molecule is CC1(c2ccccc2)c2ccccc2-c2cc(N(c3ccc4c(c3)-c3ccccc3C4(C)c3ccccc3)c3cc4ccccc4c4ccccc34)ccc21. The van der Waals surface area contributed by atoms with E-state index in [-0.39, 0.29) is 10.8 Å². The second-order valence-electron chi connectivity index (χ2n) is 15.5. The summed E-state index contributed by atoms with van der Waals surface area (Å²) in [5.41, 5.74) is 16.1. The molecule has 55 heavy (non-hydrogen) atoms. The van der Waals surface area contributed by atoms with E-state index in [9.17, 15) is 0 Å². The van der Waals surface area contributed by atoms with Crippen molar-refractivity contribution in [1.82, 2.24) is 0 Å². The second-order valence-corrected chi connectivity index (χ2v) is 15.5. The van der Waals surface area contributed by atoms with Gasteiger partial charge in [0.2, 0.25) is 0 Å². The largest absolute Gasteiger partial charge is 0.310 e. The van der Waals surface area contributed by atoms with Gasteiger partial charge in [-0.15, -0.1) is 0 Å². The summed E-state index contributed by atoms with van der Waals surface area (Å²) in [6.45, 7) is 4.78. The predicted octanol–water partition coefficient (Wildman–Crippen LogP) is 14.1. The molecule has 2 aliphatic carbocycles. The average Bonchev–Trinajstić information content (AvgIpc) is 3.67. The first kappa shape index (κ1) is 31.8. The highest BCUT2D eigenvalue weighted by atomic mass is 15.1. The Morgan fingerprint density at radius 1 is 0.327 bits per heavy atom. The zero-order valence-electron chi connectivity index (χ0n) is 31.0. The quantitative estimate of drug-likeness (QED) is 0.162. The third kappa shape index (κ3) is 4.47. The highest BCUT2D eigenvalue weighted by Crippen LogP contribution is 2.56. The minimum absolute atomic E-state index is 0.259. The van der Waals surface area contributed by atoms with Crippen molar-refractivity contribution < 1.29 is 0 Å². The van der Waals surface area contributed by atoms with Crippen molar-refractivity contribution in [1.29, 1.82) is 0 Å². The normalized spacial score (nSPS) is 17.8. The van der Waals surface area contributed by atoms with Crippen LogP contribution in [0.1, 0.15) is 47.2 Å². The van der Waals surface area contributed by atoms with Crippen LogP contribution in [0.25, 0.3) is 43.8 Å². The van der Waals surface area contributed by atoms with Gasteiger partial charge in [0.05, 0.1) is 5.69 Å². The molecule has 0 radical (unpaired) electrons. The fourth-order valence-electron chi connectivity index (χ4n) is 10.1. The van der Waals surface area contributed by atoms with Crippen LogP contribution in [-0.4, -0.2) is 0 Å². The first-order chi connectivity index (χ1) is 27.0. The first-order valence-corrected chi connectivity index (χ1v) is 19.4. The summed E-state index contributed by atoms with van der Waals surface area (Å²) >= 11 is 0. The molecule has 0 heterocycles. The summed E-state index contributed by atoms with van der Waals surface area (Å²) < 4.78 is 0. The third-order valence-electron chi connectivity index (χ3n) is 12.8. The van der Waals surface area contributed by atoms with Crippen molar-refractivity contribution in [3.63, 3.8) is 0 Å². The van der Waals surface area contributed by atoms with Crippen LogP contribution >= 0.6 is 0 Å². The molecule has 0 aromatic heterocycles. The van der Waals surface area contributed by atoms with Crippen LogP contribution in [-0.2, 0) is 10.8 Å². The Bertz CT molecular complexity index is 2820. The van der Waals surface area contributed by atoms with Crippen molar-refractivity contribution >= 4 is 38.6 Å². The van der Waals surface area contributed by atoms with Gasteiger partial charge in [-0.3, -0.25) is 0 Å². The average molecular weight is 702 g/mol. The van der Waals surface area contributed by atoms with Gasteiger partial charge in [-0.1, -0.05) is 170 Å². The molecule has 2 aliphatic rings. The van der Waals surface area contributed by atoms with Gasteiger partial charge in [0.15, 0.2) is 0 Å². The summed E-state index contributed by atoms with van der Waals surface area (Å²) in [7, 11) is 0. The fraction of sp³-hybridized carbons (Fsp3) is 0.0741. The monoisotopic (exact) mass is 701 g/mol. The topological polar surface area (TPSA) is 3.24 Å². The number of fused-ring (bicyclic) bond motifs is 9. The molecule has 2 atom stereocenters. The lowest BCUT2D eigenvalue weighted by molar-refractivity contribution is 0.714. The Labute approximate surface area is 322 Å². The molecule has 11 rings (SSSR count). The van der Waals surface area contributed by atoms with Gasteiger partial charge in [-0.05, 0) is 116 Å². The van der Waals surface area contributed by atoms with E-state index >= 15 is 0 Å². The smallest absolute Gasteiger partial charge is 0.0546 e. The predicted molar refractivity (Wildman–Crippen MR) is 231 cm³/mol. The molecule has 0 saturated carbocycles. The van der Waals surface area contributed by atoms with E-state index in [0.717, 1.165) is 11.4 Å². The lowest BCUT2D eigenvalue weighted by atomic mass is 9.74. The number of rotatable bonds is 5. The van der Waals surface area contributed by atoms with Crippen molar-refractivity contribution in [3.05, 3.63) is 234 Å². The minimum atomic E-state index is -0.259. The van der Waals surface area contributed by atoms with Crippen LogP contribution in [0.15, 0.2) is 200 Å². The molecule has 260 valence electrons. The molecule has 0 saturated heterocycles. The van der Waals surface area contributed by atoms with E-state index in [0.29, 0.717) is 0 Å². The molecule has 0 fully saturated rings. The maximum atomic E-state index is 2.51. The minimum Gasteiger partial charge on any atom is -0.310 e. The van der Waals surface area contributed by atoms with E-state index in [1.807, 2.05) is 0 Å². The van der Waals surface area contributed by atoms with Crippen LogP contribution in [0, 0.1) is 0 Å². The Hall–Kier alpha value is -6.70. The molecule has 2 unspecified atom stereocenters. The Balaban J connectivity index is 1.18. The fourth-order valence-corrected chi connectivity index (χ4v) is 10.1. The van der Waals surface area contributed by atoms with Gasteiger partial charge in [0.1, 0.15) is 0 Å². The summed E-state index contributed by atoms with van der Waals surface area (Å²) in [4.78, 5) is 2.51. The standard InChI is InChI=1S/C54H39N/c1-53(37-18-5-3-6-19-37)48-27-15-13-24-43(48)46-34-39(29-31-50(46)53)55(52-33-36-17-9-10-22-41(36)42-23-11-12-26-45(42)52)40-30-32-51-47(35-40)44-25-14-16-28-49(44)54(51,2)38-20-7-4-8-21-38/h3-35H,1-2H3. The molecule has 0 amide bonds. The van der Waals surface area contributed by atoms with E-state index in [1.165, 1.54) is 82.9 Å². The van der Waals surface area contributed by atoms with Crippen molar-refractivity contribution in [3.8, 4) is 22.3 Å². The lowest BCUT2D eigenvalue weighted by Gasteiger charge is -2.31. The highest BCUT2D eigenvalue weighted by Gasteiger charge is 2.42. The van der Waals surface area contributed by atoms with Crippen molar-refractivity contribution in [2.24, 2.45) is 0 Å². The first-order valence-electron chi connectivity index (χ1n) is 19.4.